The second-order valence-corrected chi connectivity index (χ2v) is 5.13. The van der Waals surface area contributed by atoms with Crippen molar-refractivity contribution in [1.29, 1.82) is 0 Å². The van der Waals surface area contributed by atoms with E-state index < -0.39 is 0 Å². The molecule has 0 aliphatic rings. The molecule has 2 aromatic carbocycles. The van der Waals surface area contributed by atoms with Crippen LogP contribution in [-0.2, 0) is 0 Å². The lowest BCUT2D eigenvalue weighted by Crippen LogP contribution is -1.96. The van der Waals surface area contributed by atoms with Gasteiger partial charge in [0.2, 0.25) is 0 Å². The highest BCUT2D eigenvalue weighted by Crippen LogP contribution is 2.12. The van der Waals surface area contributed by atoms with Crippen LogP contribution in [-0.4, -0.2) is 5.78 Å². The highest BCUT2D eigenvalue weighted by atomic mass is 79.9. The highest BCUT2D eigenvalue weighted by Gasteiger charge is 2.00. The second kappa shape index (κ2) is 6.34. The number of ketones is 1. The number of rotatable bonds is 4. The van der Waals surface area contributed by atoms with E-state index in [2.05, 4.69) is 21.2 Å². The van der Waals surface area contributed by atoms with Crippen LogP contribution in [0.3, 0.4) is 0 Å². The van der Waals surface area contributed by atoms with Gasteiger partial charge in [-0.25, -0.2) is 0 Å². The van der Waals surface area contributed by atoms with Crippen LogP contribution in [0.4, 0.5) is 5.69 Å². The molecule has 96 valence electrons. The van der Waals surface area contributed by atoms with Crippen LogP contribution in [0.5, 0.6) is 0 Å². The highest BCUT2D eigenvalue weighted by molar-refractivity contribution is 9.10. The topological polar surface area (TPSA) is 29.1 Å². The summed E-state index contributed by atoms with van der Waals surface area (Å²) in [6, 6.07) is 15.3. The van der Waals surface area contributed by atoms with E-state index in [1.54, 1.807) is 18.3 Å². The van der Waals surface area contributed by atoms with Gasteiger partial charge in [-0.05, 0) is 43.3 Å². The molecule has 0 bridgehead atoms. The average Bonchev–Trinajstić information content (AvgIpc) is 2.41. The Balaban J connectivity index is 1.97. The molecule has 0 heterocycles. The van der Waals surface area contributed by atoms with Crippen molar-refractivity contribution in [3.05, 3.63) is 76.4 Å². The molecule has 2 rings (SSSR count). The fourth-order valence-corrected chi connectivity index (χ4v) is 1.84. The summed E-state index contributed by atoms with van der Waals surface area (Å²) in [5.41, 5.74) is 2.84. The van der Waals surface area contributed by atoms with E-state index in [1.807, 2.05) is 43.3 Å². The summed E-state index contributed by atoms with van der Waals surface area (Å²) in [6.45, 7) is 2.04. The molecule has 0 unspecified atom stereocenters. The first-order valence-corrected chi connectivity index (χ1v) is 6.74. The zero-order chi connectivity index (χ0) is 13.7. The van der Waals surface area contributed by atoms with Crippen molar-refractivity contribution in [1.82, 2.24) is 0 Å². The minimum atomic E-state index is -0.0212. The first kappa shape index (κ1) is 13.6. The molecule has 0 amide bonds. The zero-order valence-corrected chi connectivity index (χ0v) is 12.1. The largest absolute Gasteiger partial charge is 0.362 e. The predicted octanol–water partition coefficient (Wildman–Crippen LogP) is 4.57. The molecule has 0 aromatic heterocycles. The van der Waals surface area contributed by atoms with Crippen LogP contribution >= 0.6 is 15.9 Å². The Morgan fingerprint density at radius 3 is 2.32 bits per heavy atom. The van der Waals surface area contributed by atoms with Gasteiger partial charge in [-0.2, -0.15) is 0 Å². The Kier molecular flexibility index (Phi) is 4.53. The smallest absolute Gasteiger partial charge is 0.187 e. The molecule has 1 N–H and O–H groups in total. The van der Waals surface area contributed by atoms with Crippen molar-refractivity contribution in [3.8, 4) is 0 Å². The van der Waals surface area contributed by atoms with Gasteiger partial charge in [0.15, 0.2) is 5.78 Å². The lowest BCUT2D eigenvalue weighted by atomic mass is 10.1. The van der Waals surface area contributed by atoms with Crippen LogP contribution < -0.4 is 5.32 Å². The first-order chi connectivity index (χ1) is 9.15. The van der Waals surface area contributed by atoms with Gasteiger partial charge in [-0.1, -0.05) is 33.6 Å². The fraction of sp³-hybridized carbons (Fsp3) is 0.0625. The lowest BCUT2D eigenvalue weighted by molar-refractivity contribution is 0.104. The van der Waals surface area contributed by atoms with Crippen molar-refractivity contribution in [2.45, 2.75) is 6.92 Å². The van der Waals surface area contributed by atoms with Gasteiger partial charge in [0.1, 0.15) is 0 Å². The van der Waals surface area contributed by atoms with E-state index in [9.17, 15) is 4.79 Å². The maximum Gasteiger partial charge on any atom is 0.187 e. The minimum absolute atomic E-state index is 0.0212. The Morgan fingerprint density at radius 1 is 1.05 bits per heavy atom. The van der Waals surface area contributed by atoms with E-state index in [-0.39, 0.29) is 5.78 Å². The van der Waals surface area contributed by atoms with Gasteiger partial charge in [0, 0.05) is 28.0 Å². The number of benzene rings is 2. The molecular weight excluding hydrogens is 302 g/mol. The van der Waals surface area contributed by atoms with Crippen LogP contribution in [0.1, 0.15) is 15.9 Å². The van der Waals surface area contributed by atoms with Crippen LogP contribution in [0.25, 0.3) is 0 Å². The van der Waals surface area contributed by atoms with E-state index in [4.69, 9.17) is 0 Å². The monoisotopic (exact) mass is 315 g/mol. The number of allylic oxidation sites excluding steroid dienone is 1. The Labute approximate surface area is 121 Å². The first-order valence-electron chi connectivity index (χ1n) is 5.95. The van der Waals surface area contributed by atoms with Gasteiger partial charge < -0.3 is 5.32 Å². The average molecular weight is 316 g/mol. The molecule has 0 radical (unpaired) electrons. The second-order valence-electron chi connectivity index (χ2n) is 4.21. The third-order valence-electron chi connectivity index (χ3n) is 2.67. The van der Waals surface area contributed by atoms with Gasteiger partial charge in [0.25, 0.3) is 0 Å². The van der Waals surface area contributed by atoms with E-state index in [0.717, 1.165) is 10.2 Å². The molecular formula is C16H14BrNO. The number of hydrogen-bond donors (Lipinski definition) is 1. The van der Waals surface area contributed by atoms with Gasteiger partial charge in [-0.15, -0.1) is 0 Å². The summed E-state index contributed by atoms with van der Waals surface area (Å²) in [7, 11) is 0. The molecule has 0 spiro atoms. The van der Waals surface area contributed by atoms with Crippen LogP contribution in [0, 0.1) is 6.92 Å². The molecule has 0 saturated carbocycles. The molecule has 0 atom stereocenters. The molecule has 19 heavy (non-hydrogen) atoms. The quantitative estimate of drug-likeness (QED) is 0.661. The predicted molar refractivity (Wildman–Crippen MR) is 82.4 cm³/mol. The minimum Gasteiger partial charge on any atom is -0.362 e. The van der Waals surface area contributed by atoms with E-state index in [0.29, 0.717) is 5.56 Å². The number of anilines is 1. The number of carbonyl (C=O) groups is 1. The van der Waals surface area contributed by atoms with Crippen LogP contribution in [0.15, 0.2) is 65.3 Å². The molecule has 0 fully saturated rings. The molecule has 2 nitrogen and oxygen atoms in total. The lowest BCUT2D eigenvalue weighted by Gasteiger charge is -2.01. The summed E-state index contributed by atoms with van der Waals surface area (Å²) in [4.78, 5) is 11.9. The third kappa shape index (κ3) is 4.07. The van der Waals surface area contributed by atoms with Crippen molar-refractivity contribution in [2.75, 3.05) is 5.32 Å². The number of nitrogens with one attached hydrogen (secondary N) is 1. The number of aryl methyl sites for hydroxylation is 1. The van der Waals surface area contributed by atoms with E-state index >= 15 is 0 Å². The third-order valence-corrected chi connectivity index (χ3v) is 3.19. The van der Waals surface area contributed by atoms with Gasteiger partial charge >= 0.3 is 0 Å². The Morgan fingerprint density at radius 2 is 1.68 bits per heavy atom. The number of hydrogen-bond acceptors (Lipinski definition) is 2. The fourth-order valence-electron chi connectivity index (χ4n) is 1.57. The maximum atomic E-state index is 11.9. The van der Waals surface area contributed by atoms with Crippen molar-refractivity contribution in [2.24, 2.45) is 0 Å². The summed E-state index contributed by atoms with van der Waals surface area (Å²) in [5.74, 6) is -0.0212. The van der Waals surface area contributed by atoms with Crippen molar-refractivity contribution >= 4 is 27.4 Å². The normalized spacial score (nSPS) is 10.6. The summed E-state index contributed by atoms with van der Waals surface area (Å²) >= 11 is 3.34. The maximum absolute atomic E-state index is 11.9. The van der Waals surface area contributed by atoms with Crippen molar-refractivity contribution < 1.29 is 4.79 Å². The summed E-state index contributed by atoms with van der Waals surface area (Å²) in [5, 5.41) is 3.07. The van der Waals surface area contributed by atoms with E-state index in [1.165, 1.54) is 11.6 Å². The number of carbonyl (C=O) groups excluding carboxylic acids is 1. The van der Waals surface area contributed by atoms with Crippen LogP contribution in [0.2, 0.25) is 0 Å². The van der Waals surface area contributed by atoms with Crippen molar-refractivity contribution in [3.63, 3.8) is 0 Å². The SMILES string of the molecule is Cc1ccc(NC=CC(=O)c2ccc(Br)cc2)cc1. The molecule has 3 heteroatoms. The molecule has 0 aliphatic carbocycles. The molecule has 2 aromatic rings. The molecule has 0 saturated heterocycles. The summed E-state index contributed by atoms with van der Waals surface area (Å²) in [6.07, 6.45) is 3.19. The Bertz CT molecular complexity index is 585. The van der Waals surface area contributed by atoms with Gasteiger partial charge in [-0.3, -0.25) is 4.79 Å². The Hall–Kier alpha value is -1.87. The van der Waals surface area contributed by atoms with Gasteiger partial charge in [0.05, 0.1) is 0 Å². The summed E-state index contributed by atoms with van der Waals surface area (Å²) < 4.78 is 0.964. The standard InChI is InChI=1S/C16H14BrNO/c1-12-2-8-15(9-3-12)18-11-10-16(19)13-4-6-14(17)7-5-13/h2-11,18H,1H3. The molecule has 0 aliphatic heterocycles. The number of halogens is 1. The zero-order valence-electron chi connectivity index (χ0n) is 10.6.